The number of nitrogens with zero attached hydrogens (tertiary/aromatic N) is 1. The Morgan fingerprint density at radius 2 is 2.07 bits per heavy atom. The molecule has 3 atom stereocenters. The highest BCUT2D eigenvalue weighted by Gasteiger charge is 2.46. The predicted octanol–water partition coefficient (Wildman–Crippen LogP) is 1.42. The van der Waals surface area contributed by atoms with E-state index in [-0.39, 0.29) is 17.4 Å². The van der Waals surface area contributed by atoms with Crippen LogP contribution in [0.2, 0.25) is 0 Å². The van der Waals surface area contributed by atoms with Crippen LogP contribution in [0.3, 0.4) is 0 Å². The van der Waals surface area contributed by atoms with E-state index in [0.717, 1.165) is 18.6 Å². The summed E-state index contributed by atoms with van der Waals surface area (Å²) < 4.78 is 0. The van der Waals surface area contributed by atoms with Crippen molar-refractivity contribution < 1.29 is 4.79 Å². The molecule has 0 radical (unpaired) electrons. The van der Waals surface area contributed by atoms with E-state index in [9.17, 15) is 4.79 Å². The number of fused-ring (bicyclic) bond motifs is 1. The smallest absolute Gasteiger partial charge is 0.240 e. The summed E-state index contributed by atoms with van der Waals surface area (Å²) >= 11 is 1.92. The summed E-state index contributed by atoms with van der Waals surface area (Å²) in [5, 5.41) is 0.390. The van der Waals surface area contributed by atoms with Crippen molar-refractivity contribution in [2.24, 2.45) is 11.1 Å². The molecule has 0 aromatic heterocycles. The third kappa shape index (κ3) is 1.89. The lowest BCUT2D eigenvalue weighted by molar-refractivity contribution is -0.139. The number of amides is 1. The number of nitrogens with two attached hydrogens (primary N) is 1. The topological polar surface area (TPSA) is 46.3 Å². The first-order chi connectivity index (χ1) is 6.91. The first-order valence-electron chi connectivity index (χ1n) is 5.60. The summed E-state index contributed by atoms with van der Waals surface area (Å²) in [5.41, 5.74) is 6.00. The Kier molecular flexibility index (Phi) is 2.75. The van der Waals surface area contributed by atoms with Crippen LogP contribution in [-0.4, -0.2) is 34.0 Å². The van der Waals surface area contributed by atoms with Gasteiger partial charge in [0.15, 0.2) is 0 Å². The van der Waals surface area contributed by atoms with Crippen molar-refractivity contribution >= 4 is 17.7 Å². The molecule has 2 aliphatic heterocycles. The number of hydrogen-bond acceptors (Lipinski definition) is 3. The van der Waals surface area contributed by atoms with Gasteiger partial charge in [-0.15, -0.1) is 11.8 Å². The molecule has 2 fully saturated rings. The van der Waals surface area contributed by atoms with E-state index in [0.29, 0.717) is 11.4 Å². The molecule has 86 valence electrons. The standard InChI is InChI=1S/C11H20N2OS/c1-11(2,3)8-6-15-9-5-4-7(12)10(14)13(8)9/h7-9H,4-6,12H2,1-3H3. The first-order valence-corrected chi connectivity index (χ1v) is 6.65. The molecule has 0 aromatic carbocycles. The lowest BCUT2D eigenvalue weighted by atomic mass is 9.85. The highest BCUT2D eigenvalue weighted by atomic mass is 32.2. The molecule has 2 heterocycles. The normalized spacial score (nSPS) is 36.9. The van der Waals surface area contributed by atoms with Gasteiger partial charge in [0.2, 0.25) is 5.91 Å². The van der Waals surface area contributed by atoms with Gasteiger partial charge in [-0.2, -0.15) is 0 Å². The maximum absolute atomic E-state index is 12.1. The molecule has 3 nitrogen and oxygen atoms in total. The summed E-state index contributed by atoms with van der Waals surface area (Å²) in [6, 6.07) is 0.0937. The van der Waals surface area contributed by atoms with Gasteiger partial charge in [0, 0.05) is 11.8 Å². The second kappa shape index (κ2) is 3.67. The Labute approximate surface area is 95.8 Å². The van der Waals surface area contributed by atoms with Crippen LogP contribution in [0, 0.1) is 5.41 Å². The van der Waals surface area contributed by atoms with Gasteiger partial charge in [-0.1, -0.05) is 20.8 Å². The fraction of sp³-hybridized carbons (Fsp3) is 0.909. The minimum absolute atomic E-state index is 0.161. The number of carbonyl (C=O) groups is 1. The summed E-state index contributed by atoms with van der Waals surface area (Å²) in [6.07, 6.45) is 1.91. The molecular formula is C11H20N2OS. The average molecular weight is 228 g/mol. The average Bonchev–Trinajstić information content (AvgIpc) is 2.54. The van der Waals surface area contributed by atoms with Crippen molar-refractivity contribution in [3.05, 3.63) is 0 Å². The van der Waals surface area contributed by atoms with E-state index in [4.69, 9.17) is 5.73 Å². The van der Waals surface area contributed by atoms with E-state index < -0.39 is 0 Å². The molecule has 2 saturated heterocycles. The van der Waals surface area contributed by atoms with Gasteiger partial charge in [0.1, 0.15) is 0 Å². The lowest BCUT2D eigenvalue weighted by Gasteiger charge is -2.41. The minimum Gasteiger partial charge on any atom is -0.325 e. The van der Waals surface area contributed by atoms with Crippen molar-refractivity contribution in [1.29, 1.82) is 0 Å². The van der Waals surface area contributed by atoms with Gasteiger partial charge in [-0.3, -0.25) is 4.79 Å². The van der Waals surface area contributed by atoms with E-state index in [1.807, 2.05) is 11.8 Å². The Bertz CT molecular complexity index is 274. The number of carbonyl (C=O) groups excluding carboxylic acids is 1. The molecule has 2 rings (SSSR count). The molecule has 0 bridgehead atoms. The zero-order valence-electron chi connectivity index (χ0n) is 9.69. The molecule has 4 heteroatoms. The summed E-state index contributed by atoms with van der Waals surface area (Å²) in [7, 11) is 0. The van der Waals surface area contributed by atoms with Gasteiger partial charge in [-0.25, -0.2) is 0 Å². The quantitative estimate of drug-likeness (QED) is 0.682. The molecule has 0 aromatic rings. The molecule has 2 N–H and O–H groups in total. The van der Waals surface area contributed by atoms with Crippen molar-refractivity contribution in [2.45, 2.75) is 51.1 Å². The molecule has 0 aliphatic carbocycles. The fourth-order valence-electron chi connectivity index (χ4n) is 2.39. The number of thioether (sulfide) groups is 1. The Morgan fingerprint density at radius 3 is 2.67 bits per heavy atom. The summed E-state index contributed by atoms with van der Waals surface area (Å²) in [4.78, 5) is 14.1. The zero-order valence-corrected chi connectivity index (χ0v) is 10.5. The van der Waals surface area contributed by atoms with Crippen molar-refractivity contribution in [3.8, 4) is 0 Å². The van der Waals surface area contributed by atoms with Crippen LogP contribution in [0.5, 0.6) is 0 Å². The second-order valence-electron chi connectivity index (χ2n) is 5.60. The lowest BCUT2D eigenvalue weighted by Crippen LogP contribution is -2.56. The number of rotatable bonds is 0. The second-order valence-corrected chi connectivity index (χ2v) is 6.81. The van der Waals surface area contributed by atoms with Crippen LogP contribution in [0.25, 0.3) is 0 Å². The molecule has 2 aliphatic rings. The van der Waals surface area contributed by atoms with Crippen LogP contribution in [0.15, 0.2) is 0 Å². The van der Waals surface area contributed by atoms with Crippen molar-refractivity contribution in [3.63, 3.8) is 0 Å². The van der Waals surface area contributed by atoms with Gasteiger partial charge < -0.3 is 10.6 Å². The summed E-state index contributed by atoms with van der Waals surface area (Å²) in [5.74, 6) is 1.23. The Morgan fingerprint density at radius 1 is 1.40 bits per heavy atom. The summed E-state index contributed by atoms with van der Waals surface area (Å²) in [6.45, 7) is 6.61. The third-order valence-corrected chi connectivity index (χ3v) is 4.74. The van der Waals surface area contributed by atoms with Gasteiger partial charge in [0.25, 0.3) is 0 Å². The largest absolute Gasteiger partial charge is 0.325 e. The van der Waals surface area contributed by atoms with E-state index >= 15 is 0 Å². The molecule has 1 amide bonds. The van der Waals surface area contributed by atoms with Crippen LogP contribution < -0.4 is 5.73 Å². The zero-order chi connectivity index (χ0) is 11.2. The highest BCUT2D eigenvalue weighted by Crippen LogP contribution is 2.42. The highest BCUT2D eigenvalue weighted by molar-refractivity contribution is 8.00. The van der Waals surface area contributed by atoms with Gasteiger partial charge in [0.05, 0.1) is 11.4 Å². The van der Waals surface area contributed by atoms with Crippen LogP contribution in [-0.2, 0) is 4.79 Å². The van der Waals surface area contributed by atoms with E-state index in [2.05, 4.69) is 25.7 Å². The Hall–Kier alpha value is -0.220. The first kappa shape index (κ1) is 11.3. The minimum atomic E-state index is -0.259. The SMILES string of the molecule is CC(C)(C)C1CSC2CCC(N)C(=O)N21. The van der Waals surface area contributed by atoms with E-state index in [1.165, 1.54) is 0 Å². The molecule has 0 saturated carbocycles. The molecular weight excluding hydrogens is 208 g/mol. The van der Waals surface area contributed by atoms with Gasteiger partial charge in [-0.05, 0) is 18.3 Å². The molecule has 0 spiro atoms. The van der Waals surface area contributed by atoms with Gasteiger partial charge >= 0.3 is 0 Å². The van der Waals surface area contributed by atoms with Crippen LogP contribution in [0.1, 0.15) is 33.6 Å². The van der Waals surface area contributed by atoms with E-state index in [1.54, 1.807) is 0 Å². The monoisotopic (exact) mass is 228 g/mol. The van der Waals surface area contributed by atoms with Crippen LogP contribution >= 0.6 is 11.8 Å². The molecule has 3 unspecified atom stereocenters. The third-order valence-electron chi connectivity index (χ3n) is 3.39. The number of piperidine rings is 1. The Balaban J connectivity index is 2.21. The maximum Gasteiger partial charge on any atom is 0.240 e. The molecule has 15 heavy (non-hydrogen) atoms. The van der Waals surface area contributed by atoms with Crippen molar-refractivity contribution in [2.75, 3.05) is 5.75 Å². The number of hydrogen-bond donors (Lipinski definition) is 1. The predicted molar refractivity (Wildman–Crippen MR) is 63.5 cm³/mol. The van der Waals surface area contributed by atoms with Crippen LogP contribution in [0.4, 0.5) is 0 Å². The van der Waals surface area contributed by atoms with Crippen molar-refractivity contribution in [1.82, 2.24) is 4.90 Å². The fourth-order valence-corrected chi connectivity index (χ4v) is 4.17. The maximum atomic E-state index is 12.1.